The lowest BCUT2D eigenvalue weighted by molar-refractivity contribution is 0.192. The second kappa shape index (κ2) is 6.02. The van der Waals surface area contributed by atoms with Gasteiger partial charge in [-0.2, -0.15) is 0 Å². The number of halogens is 1. The second-order valence-corrected chi connectivity index (χ2v) is 3.74. The third kappa shape index (κ3) is 3.29. The topological polar surface area (TPSA) is 22.1 Å². The van der Waals surface area contributed by atoms with Crippen molar-refractivity contribution in [3.05, 3.63) is 24.0 Å². The molecule has 78 valence electrons. The van der Waals surface area contributed by atoms with Gasteiger partial charge in [0.2, 0.25) is 0 Å². The summed E-state index contributed by atoms with van der Waals surface area (Å²) in [7, 11) is 0. The van der Waals surface area contributed by atoms with Gasteiger partial charge in [-0.25, -0.2) is 0 Å². The molecular weight excluding hydrogens is 242 g/mol. The van der Waals surface area contributed by atoms with E-state index in [1.54, 1.807) is 6.20 Å². The Hall–Kier alpha value is -0.570. The maximum Gasteiger partial charge on any atom is 0.138 e. The molecule has 0 bridgehead atoms. The van der Waals surface area contributed by atoms with Crippen LogP contribution in [0.2, 0.25) is 0 Å². The molecule has 0 spiro atoms. The molecule has 0 aliphatic heterocycles. The smallest absolute Gasteiger partial charge is 0.138 e. The van der Waals surface area contributed by atoms with E-state index in [9.17, 15) is 0 Å². The van der Waals surface area contributed by atoms with Crippen molar-refractivity contribution in [3.63, 3.8) is 0 Å². The molecule has 1 rings (SSSR count). The van der Waals surface area contributed by atoms with Crippen LogP contribution in [0, 0.1) is 0 Å². The summed E-state index contributed by atoms with van der Waals surface area (Å²) in [5.74, 6) is 0.864. The molecule has 0 saturated carbocycles. The Balaban J connectivity index is 2.58. The average Bonchev–Trinajstić information content (AvgIpc) is 2.26. The Bertz CT molecular complexity index is 256. The molecular formula is C11H16BrNO. The maximum atomic E-state index is 5.73. The van der Waals surface area contributed by atoms with Crippen LogP contribution in [0.4, 0.5) is 0 Å². The van der Waals surface area contributed by atoms with Crippen LogP contribution in [0.15, 0.2) is 18.3 Å². The van der Waals surface area contributed by atoms with E-state index >= 15 is 0 Å². The molecule has 1 aromatic rings. The van der Waals surface area contributed by atoms with Gasteiger partial charge >= 0.3 is 0 Å². The molecule has 0 aliphatic rings. The van der Waals surface area contributed by atoms with Gasteiger partial charge in [-0.15, -0.1) is 0 Å². The molecule has 0 N–H and O–H groups in total. The minimum absolute atomic E-state index is 0.312. The monoisotopic (exact) mass is 257 g/mol. The van der Waals surface area contributed by atoms with E-state index in [-0.39, 0.29) is 0 Å². The fourth-order valence-corrected chi connectivity index (χ4v) is 1.54. The van der Waals surface area contributed by atoms with Gasteiger partial charge in [-0.05, 0) is 25.0 Å². The number of aromatic nitrogens is 1. The first-order chi connectivity index (χ1) is 6.80. The van der Waals surface area contributed by atoms with Gasteiger partial charge in [0.05, 0.1) is 18.0 Å². The minimum Gasteiger partial charge on any atom is -0.489 e. The van der Waals surface area contributed by atoms with Crippen molar-refractivity contribution in [2.75, 3.05) is 0 Å². The van der Waals surface area contributed by atoms with Gasteiger partial charge in [0.25, 0.3) is 0 Å². The van der Waals surface area contributed by atoms with Crippen LogP contribution in [-0.2, 0) is 5.33 Å². The Morgan fingerprint density at radius 2 is 2.07 bits per heavy atom. The van der Waals surface area contributed by atoms with Crippen LogP contribution in [-0.4, -0.2) is 11.1 Å². The summed E-state index contributed by atoms with van der Waals surface area (Å²) in [6.45, 7) is 4.27. The number of hydrogen-bond donors (Lipinski definition) is 0. The van der Waals surface area contributed by atoms with Crippen LogP contribution in [0.25, 0.3) is 0 Å². The summed E-state index contributed by atoms with van der Waals surface area (Å²) >= 11 is 3.36. The second-order valence-electron chi connectivity index (χ2n) is 3.18. The molecule has 0 fully saturated rings. The van der Waals surface area contributed by atoms with E-state index in [4.69, 9.17) is 4.74 Å². The highest BCUT2D eigenvalue weighted by atomic mass is 79.9. The zero-order valence-corrected chi connectivity index (χ0v) is 10.3. The van der Waals surface area contributed by atoms with Gasteiger partial charge in [0.1, 0.15) is 5.75 Å². The van der Waals surface area contributed by atoms with Crippen molar-refractivity contribution in [3.8, 4) is 5.75 Å². The number of pyridine rings is 1. The Morgan fingerprint density at radius 1 is 1.36 bits per heavy atom. The molecule has 0 aliphatic carbocycles. The van der Waals surface area contributed by atoms with Crippen LogP contribution < -0.4 is 4.74 Å². The molecule has 0 saturated heterocycles. The van der Waals surface area contributed by atoms with E-state index in [1.807, 2.05) is 12.1 Å². The van der Waals surface area contributed by atoms with Gasteiger partial charge in [0.15, 0.2) is 0 Å². The predicted octanol–water partition coefficient (Wildman–Crippen LogP) is 3.54. The van der Waals surface area contributed by atoms with Crippen molar-refractivity contribution in [1.29, 1.82) is 0 Å². The van der Waals surface area contributed by atoms with E-state index in [2.05, 4.69) is 34.8 Å². The fraction of sp³-hybridized carbons (Fsp3) is 0.545. The number of rotatable bonds is 5. The van der Waals surface area contributed by atoms with Crippen molar-refractivity contribution < 1.29 is 4.74 Å². The van der Waals surface area contributed by atoms with E-state index in [1.165, 1.54) is 0 Å². The zero-order chi connectivity index (χ0) is 10.4. The first-order valence-corrected chi connectivity index (χ1v) is 6.09. The van der Waals surface area contributed by atoms with Crippen molar-refractivity contribution in [1.82, 2.24) is 4.98 Å². The van der Waals surface area contributed by atoms with E-state index < -0.39 is 0 Å². The third-order valence-corrected chi connectivity index (χ3v) is 2.72. The summed E-state index contributed by atoms with van der Waals surface area (Å²) < 4.78 is 5.73. The van der Waals surface area contributed by atoms with Crippen molar-refractivity contribution in [2.24, 2.45) is 0 Å². The number of nitrogens with zero attached hydrogens (tertiary/aromatic N) is 1. The summed E-state index contributed by atoms with van der Waals surface area (Å²) in [4.78, 5) is 4.25. The SMILES string of the molecule is CCC(CC)Oc1ccc(CBr)nc1. The van der Waals surface area contributed by atoms with Gasteiger partial charge < -0.3 is 4.74 Å². The summed E-state index contributed by atoms with van der Waals surface area (Å²) in [6, 6.07) is 3.95. The van der Waals surface area contributed by atoms with Crippen LogP contribution in [0.3, 0.4) is 0 Å². The molecule has 0 aromatic carbocycles. The highest BCUT2D eigenvalue weighted by Crippen LogP contribution is 2.15. The largest absolute Gasteiger partial charge is 0.489 e. The molecule has 1 aromatic heterocycles. The maximum absolute atomic E-state index is 5.73. The van der Waals surface area contributed by atoms with Gasteiger partial charge in [-0.1, -0.05) is 29.8 Å². The Labute approximate surface area is 93.8 Å². The van der Waals surface area contributed by atoms with Crippen molar-refractivity contribution >= 4 is 15.9 Å². The summed E-state index contributed by atoms with van der Waals surface area (Å²) in [5, 5.41) is 0.790. The first-order valence-electron chi connectivity index (χ1n) is 4.97. The number of ether oxygens (including phenoxy) is 1. The molecule has 3 heteroatoms. The lowest BCUT2D eigenvalue weighted by Gasteiger charge is -2.15. The predicted molar refractivity (Wildman–Crippen MR) is 61.9 cm³/mol. The van der Waals surface area contributed by atoms with Crippen LogP contribution in [0.1, 0.15) is 32.4 Å². The summed E-state index contributed by atoms with van der Waals surface area (Å²) in [5.41, 5.74) is 1.03. The zero-order valence-electron chi connectivity index (χ0n) is 8.66. The molecule has 2 nitrogen and oxygen atoms in total. The average molecular weight is 258 g/mol. The minimum atomic E-state index is 0.312. The molecule has 0 unspecified atom stereocenters. The van der Waals surface area contributed by atoms with Gasteiger partial charge in [-0.3, -0.25) is 4.98 Å². The highest BCUT2D eigenvalue weighted by molar-refractivity contribution is 9.08. The molecule has 1 heterocycles. The lowest BCUT2D eigenvalue weighted by atomic mass is 10.2. The fourth-order valence-electron chi connectivity index (χ4n) is 1.21. The number of hydrogen-bond acceptors (Lipinski definition) is 2. The molecule has 0 atom stereocenters. The quantitative estimate of drug-likeness (QED) is 0.753. The molecule has 0 radical (unpaired) electrons. The molecule has 0 amide bonds. The van der Waals surface area contributed by atoms with E-state index in [0.717, 1.165) is 29.6 Å². The third-order valence-electron chi connectivity index (χ3n) is 2.15. The van der Waals surface area contributed by atoms with Crippen molar-refractivity contribution in [2.45, 2.75) is 38.1 Å². The Kier molecular flexibility index (Phi) is 4.94. The number of alkyl halides is 1. The molecule has 14 heavy (non-hydrogen) atoms. The standard InChI is InChI=1S/C11H16BrNO/c1-3-10(4-2)14-11-6-5-9(7-12)13-8-11/h5-6,8,10H,3-4,7H2,1-2H3. The first kappa shape index (κ1) is 11.5. The van der Waals surface area contributed by atoms with Crippen LogP contribution in [0.5, 0.6) is 5.75 Å². The van der Waals surface area contributed by atoms with E-state index in [0.29, 0.717) is 6.10 Å². The van der Waals surface area contributed by atoms with Gasteiger partial charge in [0, 0.05) is 5.33 Å². The van der Waals surface area contributed by atoms with Crippen LogP contribution >= 0.6 is 15.9 Å². The lowest BCUT2D eigenvalue weighted by Crippen LogP contribution is -2.13. The Morgan fingerprint density at radius 3 is 2.50 bits per heavy atom. The summed E-state index contributed by atoms with van der Waals surface area (Å²) in [6.07, 6.45) is 4.18. The normalized spacial score (nSPS) is 10.6. The highest BCUT2D eigenvalue weighted by Gasteiger charge is 2.04.